The number of aryl methyl sites for hydroxylation is 1. The summed E-state index contributed by atoms with van der Waals surface area (Å²) in [5.41, 5.74) is 4.52. The molecule has 0 bridgehead atoms. The minimum Gasteiger partial charge on any atom is -0.530 e. The largest absolute Gasteiger partial charge is 0.530 e. The third-order valence-electron chi connectivity index (χ3n) is 3.39. The van der Waals surface area contributed by atoms with Gasteiger partial charge in [0.2, 0.25) is 0 Å². The smallest absolute Gasteiger partial charge is 0.137 e. The summed E-state index contributed by atoms with van der Waals surface area (Å²) < 4.78 is 0. The van der Waals surface area contributed by atoms with Gasteiger partial charge in [-0.05, 0) is 19.1 Å². The lowest BCUT2D eigenvalue weighted by molar-refractivity contribution is -0.266. The number of H-pyrrole nitrogens is 1. The fourth-order valence-electron chi connectivity index (χ4n) is 2.48. The molecule has 2 aromatic rings. The van der Waals surface area contributed by atoms with E-state index in [0.717, 1.165) is 28.6 Å². The molecule has 4 nitrogen and oxygen atoms in total. The van der Waals surface area contributed by atoms with Gasteiger partial charge >= 0.3 is 0 Å². The molecule has 2 heterocycles. The van der Waals surface area contributed by atoms with Crippen molar-refractivity contribution in [3.63, 3.8) is 0 Å². The lowest BCUT2D eigenvalue weighted by Crippen LogP contribution is -2.43. The van der Waals surface area contributed by atoms with Crippen molar-refractivity contribution in [1.29, 1.82) is 0 Å². The Bertz CT molecular complexity index is 601. The van der Waals surface area contributed by atoms with Gasteiger partial charge in [0.05, 0.1) is 0 Å². The average molecular weight is 229 g/mol. The molecule has 17 heavy (non-hydrogen) atoms. The first kappa shape index (κ1) is 10.2. The molecule has 1 aliphatic rings. The van der Waals surface area contributed by atoms with Crippen molar-refractivity contribution in [3.8, 4) is 0 Å². The summed E-state index contributed by atoms with van der Waals surface area (Å²) in [7, 11) is 0. The lowest BCUT2D eigenvalue weighted by atomic mass is 10.0. The molecule has 4 heteroatoms. The maximum atomic E-state index is 10.9. The van der Waals surface area contributed by atoms with Gasteiger partial charge in [0.15, 0.2) is 0 Å². The Morgan fingerprint density at radius 1 is 1.47 bits per heavy atom. The summed E-state index contributed by atoms with van der Waals surface area (Å²) >= 11 is 0. The van der Waals surface area contributed by atoms with Gasteiger partial charge < -0.3 is 19.8 Å². The highest BCUT2D eigenvalue weighted by molar-refractivity contribution is 5.86. The number of carbonyl (C=O) groups is 1. The Morgan fingerprint density at radius 3 is 3.06 bits per heavy atom. The quantitative estimate of drug-likeness (QED) is 0.737. The second-order valence-corrected chi connectivity index (χ2v) is 4.57. The van der Waals surface area contributed by atoms with Gasteiger partial charge in [-0.15, -0.1) is 0 Å². The number of benzene rings is 1. The molecule has 88 valence electrons. The van der Waals surface area contributed by atoms with Crippen LogP contribution in [0.4, 0.5) is 4.79 Å². The number of aromatic amines is 1. The molecule has 1 amide bonds. The Balaban J connectivity index is 2.13. The van der Waals surface area contributed by atoms with Crippen molar-refractivity contribution in [2.24, 2.45) is 0 Å². The van der Waals surface area contributed by atoms with E-state index in [0.29, 0.717) is 13.1 Å². The van der Waals surface area contributed by atoms with E-state index in [2.05, 4.69) is 17.1 Å². The molecule has 0 spiro atoms. The van der Waals surface area contributed by atoms with Crippen LogP contribution in [0.2, 0.25) is 0 Å². The minimum absolute atomic E-state index is 0.432. The lowest BCUT2D eigenvalue weighted by Gasteiger charge is -2.29. The Morgan fingerprint density at radius 2 is 2.29 bits per heavy atom. The number of hydrogen-bond acceptors (Lipinski definition) is 2. The number of carboxylic acid groups (broad SMARTS) is 1. The molecule has 1 aromatic heterocycles. The van der Waals surface area contributed by atoms with Crippen molar-refractivity contribution in [2.45, 2.75) is 19.9 Å². The Labute approximate surface area is 98.9 Å². The summed E-state index contributed by atoms with van der Waals surface area (Å²) in [6.45, 7) is 2.99. The van der Waals surface area contributed by atoms with Crippen LogP contribution in [-0.4, -0.2) is 22.5 Å². The number of carbonyl (C=O) groups excluding carboxylic acids is 1. The normalized spacial score (nSPS) is 15.0. The number of amides is 1. The summed E-state index contributed by atoms with van der Waals surface area (Å²) in [5, 5.41) is 12.0. The topological polar surface area (TPSA) is 59.2 Å². The summed E-state index contributed by atoms with van der Waals surface area (Å²) in [6.07, 6.45) is -0.352. The van der Waals surface area contributed by atoms with Crippen molar-refractivity contribution >= 4 is 17.0 Å². The molecule has 0 radical (unpaired) electrons. The zero-order chi connectivity index (χ0) is 12.0. The van der Waals surface area contributed by atoms with Gasteiger partial charge in [0, 0.05) is 41.7 Å². The molecule has 1 aromatic carbocycles. The second kappa shape index (κ2) is 3.52. The zero-order valence-corrected chi connectivity index (χ0v) is 9.62. The molecule has 0 unspecified atom stereocenters. The second-order valence-electron chi connectivity index (χ2n) is 4.57. The van der Waals surface area contributed by atoms with Gasteiger partial charge in [0.25, 0.3) is 0 Å². The van der Waals surface area contributed by atoms with Crippen LogP contribution >= 0.6 is 0 Å². The van der Waals surface area contributed by atoms with E-state index in [4.69, 9.17) is 0 Å². The fraction of sp³-hybridized carbons (Fsp3) is 0.308. The molecule has 0 fully saturated rings. The van der Waals surface area contributed by atoms with Crippen molar-refractivity contribution < 1.29 is 9.90 Å². The minimum atomic E-state index is -1.09. The third-order valence-corrected chi connectivity index (χ3v) is 3.39. The molecule has 0 saturated heterocycles. The summed E-state index contributed by atoms with van der Waals surface area (Å²) in [4.78, 5) is 15.6. The fourth-order valence-corrected chi connectivity index (χ4v) is 2.48. The first-order valence-corrected chi connectivity index (χ1v) is 5.71. The van der Waals surface area contributed by atoms with E-state index in [1.54, 1.807) is 0 Å². The molecule has 3 rings (SSSR count). The molecular formula is C13H13N2O2-. The standard InChI is InChI=1S/C13H14N2O2/c1-8-2-3-11-9(6-8)10-7-15(13(16)17)5-4-12(10)14-11/h2-3,6,14H,4-5,7H2,1H3,(H,16,17)/p-1. The number of hydrogen-bond donors (Lipinski definition) is 1. The van der Waals surface area contributed by atoms with Crippen LogP contribution in [0.5, 0.6) is 0 Å². The van der Waals surface area contributed by atoms with Gasteiger partial charge in [-0.1, -0.05) is 11.6 Å². The highest BCUT2D eigenvalue weighted by atomic mass is 16.4. The number of fused-ring (bicyclic) bond motifs is 3. The predicted octanol–water partition coefficient (Wildman–Crippen LogP) is 1.18. The van der Waals surface area contributed by atoms with Crippen LogP contribution < -0.4 is 5.11 Å². The molecule has 1 aliphatic heterocycles. The summed E-state index contributed by atoms with van der Waals surface area (Å²) in [6, 6.07) is 6.20. The maximum absolute atomic E-state index is 10.9. The van der Waals surface area contributed by atoms with Crippen molar-refractivity contribution in [2.75, 3.05) is 6.54 Å². The molecule has 0 atom stereocenters. The van der Waals surface area contributed by atoms with E-state index < -0.39 is 6.09 Å². The number of nitrogens with one attached hydrogen (secondary N) is 1. The van der Waals surface area contributed by atoms with Crippen molar-refractivity contribution in [3.05, 3.63) is 35.0 Å². The van der Waals surface area contributed by atoms with Crippen LogP contribution in [0.15, 0.2) is 18.2 Å². The van der Waals surface area contributed by atoms with Crippen LogP contribution in [0.3, 0.4) is 0 Å². The maximum Gasteiger partial charge on any atom is 0.137 e. The van der Waals surface area contributed by atoms with Crippen LogP contribution in [0, 0.1) is 6.92 Å². The first-order valence-electron chi connectivity index (χ1n) is 5.71. The van der Waals surface area contributed by atoms with Gasteiger partial charge in [-0.25, -0.2) is 0 Å². The Hall–Kier alpha value is -1.97. The SMILES string of the molecule is Cc1ccc2[nH]c3c(c2c1)CN(C(=O)[O-])CC3. The van der Waals surface area contributed by atoms with E-state index >= 15 is 0 Å². The highest BCUT2D eigenvalue weighted by Crippen LogP contribution is 2.28. The average Bonchev–Trinajstić information content (AvgIpc) is 2.66. The van der Waals surface area contributed by atoms with Gasteiger partial charge in [-0.2, -0.15) is 0 Å². The van der Waals surface area contributed by atoms with E-state index in [1.807, 2.05) is 13.0 Å². The number of rotatable bonds is 0. The van der Waals surface area contributed by atoms with Crippen LogP contribution in [-0.2, 0) is 13.0 Å². The van der Waals surface area contributed by atoms with E-state index in [1.165, 1.54) is 10.5 Å². The molecule has 0 saturated carbocycles. The highest BCUT2D eigenvalue weighted by Gasteiger charge is 2.20. The van der Waals surface area contributed by atoms with Crippen molar-refractivity contribution in [1.82, 2.24) is 9.88 Å². The van der Waals surface area contributed by atoms with E-state index in [-0.39, 0.29) is 0 Å². The van der Waals surface area contributed by atoms with Gasteiger partial charge in [-0.3, -0.25) is 0 Å². The monoisotopic (exact) mass is 229 g/mol. The van der Waals surface area contributed by atoms with Crippen LogP contribution in [0.1, 0.15) is 16.8 Å². The van der Waals surface area contributed by atoms with Gasteiger partial charge in [0.1, 0.15) is 6.09 Å². The predicted molar refractivity (Wildman–Crippen MR) is 62.5 cm³/mol. The molecule has 1 N–H and O–H groups in total. The molecule has 0 aliphatic carbocycles. The summed E-state index contributed by atoms with van der Waals surface area (Å²) in [5.74, 6) is 0. The zero-order valence-electron chi connectivity index (χ0n) is 9.62. The molecular weight excluding hydrogens is 216 g/mol. The first-order chi connectivity index (χ1) is 8.15. The third kappa shape index (κ3) is 1.56. The number of nitrogens with zero attached hydrogens (tertiary/aromatic N) is 1. The Kier molecular flexibility index (Phi) is 2.11. The van der Waals surface area contributed by atoms with Crippen LogP contribution in [0.25, 0.3) is 10.9 Å². The van der Waals surface area contributed by atoms with E-state index in [9.17, 15) is 9.90 Å². The number of aromatic nitrogens is 1.